The normalized spacial score (nSPS) is 14.9. The lowest BCUT2D eigenvalue weighted by Gasteiger charge is -2.23. The second kappa shape index (κ2) is 7.58. The molecule has 2 aromatic carbocycles. The van der Waals surface area contributed by atoms with E-state index in [-0.39, 0.29) is 5.82 Å². The summed E-state index contributed by atoms with van der Waals surface area (Å²) in [6.45, 7) is 5.95. The number of nitrogens with zero attached hydrogens (tertiary/aromatic N) is 3. The standard InChI is InChI=1S/C23H23FN3O/c1-23(2,21-15-22(28-26-21)25-16-27-12-6-7-13-27)18-10-11-19(20(24)14-18)17-8-4-3-5-9-17/h3-5,8-11,14-15H,6-7,12-13H2,1-2H3. The first-order valence-electron chi connectivity index (χ1n) is 9.58. The molecule has 4 nitrogen and oxygen atoms in total. The molecule has 143 valence electrons. The third kappa shape index (κ3) is 3.70. The van der Waals surface area contributed by atoms with Gasteiger partial charge in [-0.25, -0.2) is 4.39 Å². The fraction of sp³-hybridized carbons (Fsp3) is 0.304. The van der Waals surface area contributed by atoms with Crippen molar-refractivity contribution in [2.45, 2.75) is 32.1 Å². The summed E-state index contributed by atoms with van der Waals surface area (Å²) in [6.07, 6.45) is 5.34. The Balaban J connectivity index is 1.57. The number of aliphatic imine (C=N–C) groups is 1. The van der Waals surface area contributed by atoms with Crippen LogP contribution in [0.4, 0.5) is 10.3 Å². The molecule has 0 saturated carbocycles. The van der Waals surface area contributed by atoms with E-state index in [0.29, 0.717) is 17.1 Å². The van der Waals surface area contributed by atoms with Crippen LogP contribution in [0.5, 0.6) is 0 Å². The lowest BCUT2D eigenvalue weighted by Crippen LogP contribution is -2.19. The number of hydrogen-bond donors (Lipinski definition) is 0. The number of benzene rings is 2. The van der Waals surface area contributed by atoms with Gasteiger partial charge in [-0.3, -0.25) is 0 Å². The zero-order valence-corrected chi connectivity index (χ0v) is 16.2. The van der Waals surface area contributed by atoms with E-state index >= 15 is 0 Å². The smallest absolute Gasteiger partial charge is 0.252 e. The summed E-state index contributed by atoms with van der Waals surface area (Å²) in [5, 5.41) is 4.17. The van der Waals surface area contributed by atoms with Crippen LogP contribution in [-0.4, -0.2) is 29.5 Å². The lowest BCUT2D eigenvalue weighted by molar-refractivity contribution is 0.405. The first kappa shape index (κ1) is 18.4. The van der Waals surface area contributed by atoms with Gasteiger partial charge in [-0.1, -0.05) is 61.5 Å². The molecule has 0 bridgehead atoms. The molecule has 1 aliphatic rings. The van der Waals surface area contributed by atoms with Gasteiger partial charge in [0, 0.05) is 30.1 Å². The minimum absolute atomic E-state index is 0.249. The monoisotopic (exact) mass is 376 g/mol. The molecule has 2 heterocycles. The molecule has 4 rings (SSSR count). The van der Waals surface area contributed by atoms with Crippen molar-refractivity contribution in [3.8, 4) is 11.1 Å². The average molecular weight is 376 g/mol. The second-order valence-electron chi connectivity index (χ2n) is 7.64. The average Bonchev–Trinajstić information content (AvgIpc) is 3.39. The first-order valence-corrected chi connectivity index (χ1v) is 9.58. The molecule has 0 unspecified atom stereocenters. The molecular weight excluding hydrogens is 353 g/mol. The van der Waals surface area contributed by atoms with Crippen LogP contribution in [0.15, 0.2) is 64.1 Å². The van der Waals surface area contributed by atoms with Crippen molar-refractivity contribution in [2.75, 3.05) is 13.1 Å². The van der Waals surface area contributed by atoms with Crippen LogP contribution in [0.3, 0.4) is 0 Å². The highest BCUT2D eigenvalue weighted by molar-refractivity contribution is 5.65. The summed E-state index contributed by atoms with van der Waals surface area (Å²) in [6, 6.07) is 16.7. The fourth-order valence-electron chi connectivity index (χ4n) is 3.45. The van der Waals surface area contributed by atoms with Gasteiger partial charge in [-0.05, 0) is 30.0 Å². The molecule has 1 aliphatic heterocycles. The first-order chi connectivity index (χ1) is 13.5. The Bertz CT molecular complexity index is 973. The topological polar surface area (TPSA) is 41.6 Å². The Labute approximate surface area is 164 Å². The van der Waals surface area contributed by atoms with Crippen LogP contribution < -0.4 is 0 Å². The van der Waals surface area contributed by atoms with Crippen molar-refractivity contribution in [1.29, 1.82) is 0 Å². The second-order valence-corrected chi connectivity index (χ2v) is 7.64. The molecule has 0 aliphatic carbocycles. The molecule has 1 saturated heterocycles. The quantitative estimate of drug-likeness (QED) is 0.440. The molecule has 3 aromatic rings. The Morgan fingerprint density at radius 2 is 1.82 bits per heavy atom. The minimum Gasteiger partial charge on any atom is -0.353 e. The SMILES string of the molecule is CC(C)(c1ccc(-c2ccccc2)c(F)c1)c1cc(N=[C]N2CCCC2)on1. The van der Waals surface area contributed by atoms with Crippen molar-refractivity contribution < 1.29 is 8.91 Å². The predicted molar refractivity (Wildman–Crippen MR) is 108 cm³/mol. The number of halogens is 1. The summed E-state index contributed by atoms with van der Waals surface area (Å²) in [5.41, 5.74) is 2.48. The third-order valence-electron chi connectivity index (χ3n) is 5.32. The number of likely N-dealkylation sites (tertiary alicyclic amines) is 1. The zero-order valence-electron chi connectivity index (χ0n) is 16.2. The van der Waals surface area contributed by atoms with E-state index in [1.165, 1.54) is 12.8 Å². The highest BCUT2D eigenvalue weighted by Crippen LogP contribution is 2.35. The van der Waals surface area contributed by atoms with Crippen molar-refractivity contribution in [1.82, 2.24) is 10.1 Å². The molecule has 1 fully saturated rings. The van der Waals surface area contributed by atoms with Gasteiger partial charge in [0.2, 0.25) is 0 Å². The summed E-state index contributed by atoms with van der Waals surface area (Å²) in [4.78, 5) is 6.31. The van der Waals surface area contributed by atoms with Crippen molar-refractivity contribution in [3.63, 3.8) is 0 Å². The predicted octanol–water partition coefficient (Wildman–Crippen LogP) is 5.44. The van der Waals surface area contributed by atoms with Gasteiger partial charge >= 0.3 is 0 Å². The van der Waals surface area contributed by atoms with E-state index in [1.54, 1.807) is 12.1 Å². The Kier molecular flexibility index (Phi) is 4.99. The fourth-order valence-corrected chi connectivity index (χ4v) is 3.45. The molecule has 1 radical (unpaired) electrons. The van der Waals surface area contributed by atoms with Crippen LogP contribution in [0, 0.1) is 5.82 Å². The Hall–Kier alpha value is -2.95. The Morgan fingerprint density at radius 3 is 2.54 bits per heavy atom. The van der Waals surface area contributed by atoms with E-state index in [1.807, 2.05) is 61.2 Å². The number of hydrogen-bond acceptors (Lipinski definition) is 3. The van der Waals surface area contributed by atoms with Gasteiger partial charge in [-0.15, -0.1) is 0 Å². The number of aromatic nitrogens is 1. The van der Waals surface area contributed by atoms with Crippen LogP contribution in [0.2, 0.25) is 0 Å². The molecule has 0 amide bonds. The van der Waals surface area contributed by atoms with Crippen molar-refractivity contribution >= 4 is 12.2 Å². The molecule has 0 spiro atoms. The van der Waals surface area contributed by atoms with Gasteiger partial charge in [0.05, 0.1) is 5.69 Å². The maximum absolute atomic E-state index is 14.8. The molecule has 1 aromatic heterocycles. The van der Waals surface area contributed by atoms with Gasteiger partial charge < -0.3 is 9.42 Å². The summed E-state index contributed by atoms with van der Waals surface area (Å²) in [5.74, 6) is 0.164. The van der Waals surface area contributed by atoms with Crippen LogP contribution in [0.25, 0.3) is 11.1 Å². The van der Waals surface area contributed by atoms with E-state index in [2.05, 4.69) is 16.5 Å². The van der Waals surface area contributed by atoms with Crippen LogP contribution in [-0.2, 0) is 5.41 Å². The largest absolute Gasteiger partial charge is 0.353 e. The van der Waals surface area contributed by atoms with Crippen molar-refractivity contribution in [3.05, 3.63) is 71.7 Å². The molecule has 0 atom stereocenters. The van der Waals surface area contributed by atoms with Gasteiger partial charge in [-0.2, -0.15) is 4.99 Å². The highest BCUT2D eigenvalue weighted by atomic mass is 19.1. The minimum atomic E-state index is -0.513. The van der Waals surface area contributed by atoms with Gasteiger partial charge in [0.1, 0.15) is 5.82 Å². The van der Waals surface area contributed by atoms with E-state index in [4.69, 9.17) is 4.52 Å². The zero-order chi connectivity index (χ0) is 19.6. The van der Waals surface area contributed by atoms with Crippen molar-refractivity contribution in [2.24, 2.45) is 4.99 Å². The van der Waals surface area contributed by atoms with Crippen LogP contribution >= 0.6 is 0 Å². The molecule has 5 heteroatoms. The Morgan fingerprint density at radius 1 is 1.07 bits per heavy atom. The van der Waals surface area contributed by atoms with Gasteiger partial charge in [0.15, 0.2) is 6.34 Å². The molecular formula is C23H23FN3O. The maximum Gasteiger partial charge on any atom is 0.252 e. The van der Waals surface area contributed by atoms with Gasteiger partial charge in [0.25, 0.3) is 5.88 Å². The maximum atomic E-state index is 14.8. The molecule has 0 N–H and O–H groups in total. The summed E-state index contributed by atoms with van der Waals surface area (Å²) >= 11 is 0. The number of rotatable bonds is 5. The highest BCUT2D eigenvalue weighted by Gasteiger charge is 2.28. The molecule has 28 heavy (non-hydrogen) atoms. The summed E-state index contributed by atoms with van der Waals surface area (Å²) in [7, 11) is 0. The third-order valence-corrected chi connectivity index (χ3v) is 5.32. The lowest BCUT2D eigenvalue weighted by atomic mass is 9.81. The van der Waals surface area contributed by atoms with Crippen LogP contribution in [0.1, 0.15) is 37.9 Å². The van der Waals surface area contributed by atoms with E-state index in [0.717, 1.165) is 24.2 Å². The summed E-state index contributed by atoms with van der Waals surface area (Å²) < 4.78 is 20.2. The van der Waals surface area contributed by atoms with E-state index in [9.17, 15) is 4.39 Å². The van der Waals surface area contributed by atoms with E-state index < -0.39 is 5.41 Å².